The third-order valence-corrected chi connectivity index (χ3v) is 4.06. The molecule has 2 heterocycles. The van der Waals surface area contributed by atoms with E-state index in [-0.39, 0.29) is 11.8 Å². The van der Waals surface area contributed by atoms with E-state index in [0.29, 0.717) is 5.82 Å². The first-order valence-corrected chi connectivity index (χ1v) is 7.40. The van der Waals surface area contributed by atoms with E-state index in [2.05, 4.69) is 27.5 Å². The molecule has 5 nitrogen and oxygen atoms in total. The van der Waals surface area contributed by atoms with Crippen LogP contribution in [-0.4, -0.2) is 22.4 Å². The van der Waals surface area contributed by atoms with Crippen molar-refractivity contribution in [3.63, 3.8) is 0 Å². The highest BCUT2D eigenvalue weighted by Gasteiger charge is 2.30. The number of nitrogens with zero attached hydrogens (tertiary/aromatic N) is 2. The normalized spacial score (nSPS) is 14.6. The number of hydrogen-bond acceptors (Lipinski definition) is 5. The third kappa shape index (κ3) is 2.68. The Morgan fingerprint density at radius 1 is 1.53 bits per heavy atom. The van der Waals surface area contributed by atoms with Crippen molar-refractivity contribution in [3.8, 4) is 0 Å². The standard InChI is InChI=1S/C13H16N4OS/c1-2-6-15-13-16-9-5-7-14-11(10(9)19-13)17-12(18)8-3-4-8/h5,7-8H,2-4,6H2,1H3,(H,15,16)(H,14,17,18). The summed E-state index contributed by atoms with van der Waals surface area (Å²) in [6.07, 6.45) is 4.73. The van der Waals surface area contributed by atoms with Gasteiger partial charge in [-0.1, -0.05) is 18.3 Å². The molecule has 2 N–H and O–H groups in total. The molecule has 1 amide bonds. The van der Waals surface area contributed by atoms with Crippen molar-refractivity contribution >= 4 is 38.4 Å². The predicted molar refractivity (Wildman–Crippen MR) is 77.5 cm³/mol. The van der Waals surface area contributed by atoms with Gasteiger partial charge in [0, 0.05) is 18.7 Å². The first kappa shape index (κ1) is 12.3. The Balaban J connectivity index is 1.86. The maximum atomic E-state index is 11.8. The molecule has 0 radical (unpaired) electrons. The first-order valence-electron chi connectivity index (χ1n) is 6.58. The Labute approximate surface area is 115 Å². The average molecular weight is 276 g/mol. The van der Waals surface area contributed by atoms with E-state index in [1.807, 2.05) is 6.07 Å². The lowest BCUT2D eigenvalue weighted by Gasteiger charge is -2.02. The quantitative estimate of drug-likeness (QED) is 0.881. The maximum Gasteiger partial charge on any atom is 0.228 e. The number of amides is 1. The molecule has 0 atom stereocenters. The lowest BCUT2D eigenvalue weighted by Crippen LogP contribution is -2.14. The van der Waals surface area contributed by atoms with Crippen LogP contribution in [0.1, 0.15) is 26.2 Å². The molecule has 2 aromatic heterocycles. The number of thiazole rings is 1. The molecule has 1 aliphatic rings. The minimum absolute atomic E-state index is 0.0801. The van der Waals surface area contributed by atoms with Gasteiger partial charge in [-0.15, -0.1) is 0 Å². The second kappa shape index (κ2) is 5.13. The summed E-state index contributed by atoms with van der Waals surface area (Å²) in [6, 6.07) is 1.87. The zero-order valence-corrected chi connectivity index (χ0v) is 11.6. The lowest BCUT2D eigenvalue weighted by molar-refractivity contribution is -0.117. The number of aromatic nitrogens is 2. The van der Waals surface area contributed by atoms with Gasteiger partial charge in [0.1, 0.15) is 0 Å². The Hall–Kier alpha value is -1.69. The zero-order chi connectivity index (χ0) is 13.2. The number of anilines is 2. The topological polar surface area (TPSA) is 66.9 Å². The summed E-state index contributed by atoms with van der Waals surface area (Å²) >= 11 is 1.54. The van der Waals surface area contributed by atoms with Crippen LogP contribution in [0.3, 0.4) is 0 Å². The second-order valence-electron chi connectivity index (χ2n) is 4.72. The van der Waals surface area contributed by atoms with Crippen LogP contribution in [0.4, 0.5) is 10.9 Å². The van der Waals surface area contributed by atoms with Gasteiger partial charge in [-0.25, -0.2) is 9.97 Å². The largest absolute Gasteiger partial charge is 0.361 e. The van der Waals surface area contributed by atoms with Crippen molar-refractivity contribution in [3.05, 3.63) is 12.3 Å². The van der Waals surface area contributed by atoms with Crippen LogP contribution in [0.2, 0.25) is 0 Å². The van der Waals surface area contributed by atoms with E-state index in [1.165, 1.54) is 11.3 Å². The number of carbonyl (C=O) groups excluding carboxylic acids is 1. The molecule has 1 aliphatic carbocycles. The van der Waals surface area contributed by atoms with Crippen LogP contribution >= 0.6 is 11.3 Å². The Morgan fingerprint density at radius 3 is 3.11 bits per heavy atom. The first-order chi connectivity index (χ1) is 9.28. The van der Waals surface area contributed by atoms with E-state index in [0.717, 1.165) is 41.2 Å². The van der Waals surface area contributed by atoms with Crippen LogP contribution in [0.25, 0.3) is 10.2 Å². The lowest BCUT2D eigenvalue weighted by atomic mass is 10.3. The molecule has 100 valence electrons. The van der Waals surface area contributed by atoms with Gasteiger partial charge in [0.25, 0.3) is 0 Å². The Morgan fingerprint density at radius 2 is 2.37 bits per heavy atom. The molecule has 1 fully saturated rings. The molecule has 0 aliphatic heterocycles. The van der Waals surface area contributed by atoms with Gasteiger partial charge in [0.05, 0.1) is 10.2 Å². The van der Waals surface area contributed by atoms with E-state index < -0.39 is 0 Å². The van der Waals surface area contributed by atoms with Crippen LogP contribution in [0, 0.1) is 5.92 Å². The summed E-state index contributed by atoms with van der Waals surface area (Å²) in [6.45, 7) is 3.01. The highest BCUT2D eigenvalue weighted by molar-refractivity contribution is 7.22. The molecular weight excluding hydrogens is 260 g/mol. The molecule has 1 saturated carbocycles. The zero-order valence-electron chi connectivity index (χ0n) is 10.8. The van der Waals surface area contributed by atoms with Gasteiger partial charge >= 0.3 is 0 Å². The van der Waals surface area contributed by atoms with Crippen LogP contribution in [-0.2, 0) is 4.79 Å². The fourth-order valence-electron chi connectivity index (χ4n) is 1.82. The predicted octanol–water partition coefficient (Wildman–Crippen LogP) is 2.86. The van der Waals surface area contributed by atoms with Gasteiger partial charge in [-0.05, 0) is 25.3 Å². The smallest absolute Gasteiger partial charge is 0.228 e. The van der Waals surface area contributed by atoms with E-state index in [9.17, 15) is 4.79 Å². The Bertz CT molecular complexity index is 606. The molecule has 2 aromatic rings. The summed E-state index contributed by atoms with van der Waals surface area (Å²) < 4.78 is 0.940. The van der Waals surface area contributed by atoms with Crippen LogP contribution < -0.4 is 10.6 Å². The third-order valence-electron chi connectivity index (χ3n) is 3.02. The van der Waals surface area contributed by atoms with E-state index >= 15 is 0 Å². The minimum Gasteiger partial charge on any atom is -0.361 e. The van der Waals surface area contributed by atoms with Gasteiger partial charge in [0.2, 0.25) is 5.91 Å². The van der Waals surface area contributed by atoms with Gasteiger partial charge in [-0.3, -0.25) is 4.79 Å². The number of carbonyl (C=O) groups is 1. The average Bonchev–Trinajstić information content (AvgIpc) is 3.17. The summed E-state index contributed by atoms with van der Waals surface area (Å²) in [7, 11) is 0. The molecule has 0 unspecified atom stereocenters. The van der Waals surface area contributed by atoms with Crippen LogP contribution in [0.5, 0.6) is 0 Å². The summed E-state index contributed by atoms with van der Waals surface area (Å²) in [4.78, 5) is 20.6. The van der Waals surface area contributed by atoms with Crippen molar-refractivity contribution in [2.24, 2.45) is 5.92 Å². The van der Waals surface area contributed by atoms with Crippen molar-refractivity contribution in [2.45, 2.75) is 26.2 Å². The summed E-state index contributed by atoms with van der Waals surface area (Å²) in [5, 5.41) is 7.06. The van der Waals surface area contributed by atoms with Crippen molar-refractivity contribution in [2.75, 3.05) is 17.2 Å². The maximum absolute atomic E-state index is 11.8. The number of pyridine rings is 1. The number of nitrogens with one attached hydrogen (secondary N) is 2. The molecule has 0 aromatic carbocycles. The highest BCUT2D eigenvalue weighted by Crippen LogP contribution is 2.33. The molecule has 0 spiro atoms. The number of fused-ring (bicyclic) bond motifs is 1. The number of rotatable bonds is 5. The minimum atomic E-state index is 0.0801. The highest BCUT2D eigenvalue weighted by atomic mass is 32.1. The molecule has 3 rings (SSSR count). The van der Waals surface area contributed by atoms with Gasteiger partial charge in [-0.2, -0.15) is 0 Å². The molecular formula is C13H16N4OS. The van der Waals surface area contributed by atoms with E-state index in [4.69, 9.17) is 0 Å². The van der Waals surface area contributed by atoms with Gasteiger partial charge < -0.3 is 10.6 Å². The van der Waals surface area contributed by atoms with E-state index in [1.54, 1.807) is 6.20 Å². The molecule has 6 heteroatoms. The van der Waals surface area contributed by atoms with Crippen molar-refractivity contribution in [1.29, 1.82) is 0 Å². The fourth-order valence-corrected chi connectivity index (χ4v) is 2.75. The van der Waals surface area contributed by atoms with Crippen molar-refractivity contribution < 1.29 is 4.79 Å². The monoisotopic (exact) mass is 276 g/mol. The fraction of sp³-hybridized carbons (Fsp3) is 0.462. The second-order valence-corrected chi connectivity index (χ2v) is 5.72. The molecule has 0 bridgehead atoms. The van der Waals surface area contributed by atoms with Crippen molar-refractivity contribution in [1.82, 2.24) is 9.97 Å². The number of hydrogen-bond donors (Lipinski definition) is 2. The molecule has 19 heavy (non-hydrogen) atoms. The summed E-state index contributed by atoms with van der Waals surface area (Å²) in [5.41, 5.74) is 0.879. The van der Waals surface area contributed by atoms with Crippen LogP contribution in [0.15, 0.2) is 12.3 Å². The summed E-state index contributed by atoms with van der Waals surface area (Å²) in [5.74, 6) is 0.899. The van der Waals surface area contributed by atoms with Gasteiger partial charge in [0.15, 0.2) is 10.9 Å². The molecule has 0 saturated heterocycles. The Kier molecular flexibility index (Phi) is 3.33. The SMILES string of the molecule is CCCNc1nc2ccnc(NC(=O)C3CC3)c2s1.